The maximum absolute atomic E-state index is 12.5. The Kier molecular flexibility index (Phi) is 4.61. The van der Waals surface area contributed by atoms with Crippen molar-refractivity contribution < 1.29 is 18.8 Å². The molecule has 1 aliphatic heterocycles. The van der Waals surface area contributed by atoms with Gasteiger partial charge < -0.3 is 23.9 Å². The van der Waals surface area contributed by atoms with Crippen LogP contribution >= 0.6 is 11.6 Å². The molecular weight excluding hydrogens is 408 g/mol. The molecule has 1 N–H and O–H groups in total. The summed E-state index contributed by atoms with van der Waals surface area (Å²) in [5.74, 6) is 1.83. The van der Waals surface area contributed by atoms with Crippen molar-refractivity contribution in [1.82, 2.24) is 14.7 Å². The van der Waals surface area contributed by atoms with E-state index in [0.717, 1.165) is 5.56 Å². The second kappa shape index (κ2) is 7.57. The number of halogens is 1. The van der Waals surface area contributed by atoms with Crippen molar-refractivity contribution in [2.45, 2.75) is 6.54 Å². The number of carbonyl (C=O) groups excluding carboxylic acids is 1. The number of benzene rings is 2. The molecule has 1 aliphatic rings. The first-order chi connectivity index (χ1) is 14.7. The summed E-state index contributed by atoms with van der Waals surface area (Å²) >= 11 is 5.92. The van der Waals surface area contributed by atoms with E-state index >= 15 is 0 Å². The van der Waals surface area contributed by atoms with E-state index in [1.54, 1.807) is 41.1 Å². The van der Waals surface area contributed by atoms with Gasteiger partial charge in [-0.25, -0.2) is 0 Å². The number of hydrogen-bond acceptors (Lipinski definition) is 6. The summed E-state index contributed by atoms with van der Waals surface area (Å²) in [5, 5.41) is 7.50. The zero-order chi connectivity index (χ0) is 20.5. The molecule has 0 radical (unpaired) electrons. The van der Waals surface area contributed by atoms with Gasteiger partial charge in [0, 0.05) is 28.5 Å². The van der Waals surface area contributed by atoms with Gasteiger partial charge in [0.2, 0.25) is 18.5 Å². The van der Waals surface area contributed by atoms with Gasteiger partial charge in [0.1, 0.15) is 12.2 Å². The van der Waals surface area contributed by atoms with Crippen molar-refractivity contribution in [1.29, 1.82) is 0 Å². The lowest BCUT2D eigenvalue weighted by Crippen LogP contribution is -2.18. The fraction of sp³-hybridized carbons (Fsp3) is 0.0952. The van der Waals surface area contributed by atoms with Crippen molar-refractivity contribution in [3.63, 3.8) is 0 Å². The minimum absolute atomic E-state index is 0.0788. The van der Waals surface area contributed by atoms with Crippen LogP contribution in [0.1, 0.15) is 0 Å². The van der Waals surface area contributed by atoms with E-state index in [9.17, 15) is 4.79 Å². The predicted octanol–water partition coefficient (Wildman–Crippen LogP) is 4.23. The molecule has 0 bridgehead atoms. The quantitative estimate of drug-likeness (QED) is 0.517. The molecule has 4 aromatic rings. The Hall–Kier alpha value is -3.78. The molecular formula is C21H15ClN4O4. The number of nitrogens with zero attached hydrogens (tertiary/aromatic N) is 3. The fourth-order valence-electron chi connectivity index (χ4n) is 3.12. The largest absolute Gasteiger partial charge is 0.454 e. The highest BCUT2D eigenvalue weighted by atomic mass is 35.5. The van der Waals surface area contributed by atoms with Crippen LogP contribution in [0, 0.1) is 0 Å². The Morgan fingerprint density at radius 3 is 2.80 bits per heavy atom. The summed E-state index contributed by atoms with van der Waals surface area (Å²) in [6.07, 6.45) is 1.78. The molecule has 5 rings (SSSR count). The number of fused-ring (bicyclic) bond motifs is 1. The fourth-order valence-corrected chi connectivity index (χ4v) is 3.25. The molecule has 1 amide bonds. The van der Waals surface area contributed by atoms with Gasteiger partial charge in [0.15, 0.2) is 11.5 Å². The highest BCUT2D eigenvalue weighted by molar-refractivity contribution is 6.30. The van der Waals surface area contributed by atoms with Gasteiger partial charge in [-0.3, -0.25) is 4.79 Å². The van der Waals surface area contributed by atoms with Crippen LogP contribution in [0.2, 0.25) is 5.02 Å². The molecule has 8 nitrogen and oxygen atoms in total. The van der Waals surface area contributed by atoms with Crippen LogP contribution in [0.15, 0.2) is 65.3 Å². The highest BCUT2D eigenvalue weighted by Gasteiger charge is 2.17. The zero-order valence-electron chi connectivity index (χ0n) is 15.5. The van der Waals surface area contributed by atoms with Crippen molar-refractivity contribution in [2.24, 2.45) is 0 Å². The molecule has 2 aromatic heterocycles. The standard InChI is InChI=1S/C21H15ClN4O4/c22-14-5-3-13(4-6-14)20-24-21(30-25-20)16-2-1-9-26(16)11-19(27)23-15-7-8-17-18(10-15)29-12-28-17/h1-10H,11-12H2,(H,23,27). The zero-order valence-corrected chi connectivity index (χ0v) is 16.3. The molecule has 0 unspecified atom stereocenters. The Bertz CT molecular complexity index is 1220. The van der Waals surface area contributed by atoms with Crippen LogP contribution in [0.5, 0.6) is 11.5 Å². The van der Waals surface area contributed by atoms with E-state index in [4.69, 9.17) is 25.6 Å². The van der Waals surface area contributed by atoms with E-state index in [2.05, 4.69) is 15.5 Å². The van der Waals surface area contributed by atoms with E-state index in [0.29, 0.717) is 39.6 Å². The number of carbonyl (C=O) groups is 1. The summed E-state index contributed by atoms with van der Waals surface area (Å²) < 4.78 is 17.8. The Balaban J connectivity index is 1.31. The van der Waals surface area contributed by atoms with E-state index in [-0.39, 0.29) is 19.2 Å². The second-order valence-corrected chi connectivity index (χ2v) is 7.00. The molecule has 9 heteroatoms. The molecule has 0 atom stereocenters. The van der Waals surface area contributed by atoms with Crippen LogP contribution < -0.4 is 14.8 Å². The third-order valence-electron chi connectivity index (χ3n) is 4.55. The lowest BCUT2D eigenvalue weighted by molar-refractivity contribution is -0.116. The van der Waals surface area contributed by atoms with Crippen LogP contribution in [0.3, 0.4) is 0 Å². The second-order valence-electron chi connectivity index (χ2n) is 6.57. The van der Waals surface area contributed by atoms with Crippen LogP contribution in [-0.2, 0) is 11.3 Å². The normalized spacial score (nSPS) is 12.2. The predicted molar refractivity (Wildman–Crippen MR) is 109 cm³/mol. The van der Waals surface area contributed by atoms with E-state index in [1.807, 2.05) is 24.3 Å². The topological polar surface area (TPSA) is 91.4 Å². The van der Waals surface area contributed by atoms with Gasteiger partial charge in [-0.1, -0.05) is 16.8 Å². The van der Waals surface area contributed by atoms with Crippen LogP contribution in [-0.4, -0.2) is 27.4 Å². The van der Waals surface area contributed by atoms with Crippen LogP contribution in [0.25, 0.3) is 23.0 Å². The smallest absolute Gasteiger partial charge is 0.274 e. The number of ether oxygens (including phenoxy) is 2. The number of nitrogens with one attached hydrogen (secondary N) is 1. The molecule has 0 saturated heterocycles. The van der Waals surface area contributed by atoms with E-state index in [1.165, 1.54) is 0 Å². The van der Waals surface area contributed by atoms with E-state index < -0.39 is 0 Å². The maximum atomic E-state index is 12.5. The van der Waals surface area contributed by atoms with Crippen molar-refractivity contribution >= 4 is 23.2 Å². The lowest BCUT2D eigenvalue weighted by Gasteiger charge is -2.08. The molecule has 0 spiro atoms. The average Bonchev–Trinajstić information content (AvgIpc) is 3.48. The Labute approximate surface area is 176 Å². The van der Waals surface area contributed by atoms with Gasteiger partial charge in [-0.15, -0.1) is 0 Å². The first kappa shape index (κ1) is 18.3. The molecule has 3 heterocycles. The van der Waals surface area contributed by atoms with Crippen molar-refractivity contribution in [2.75, 3.05) is 12.1 Å². The minimum Gasteiger partial charge on any atom is -0.454 e. The molecule has 0 fully saturated rings. The third-order valence-corrected chi connectivity index (χ3v) is 4.80. The number of rotatable bonds is 5. The highest BCUT2D eigenvalue weighted by Crippen LogP contribution is 2.34. The van der Waals surface area contributed by atoms with Gasteiger partial charge in [0.25, 0.3) is 5.89 Å². The molecule has 30 heavy (non-hydrogen) atoms. The summed E-state index contributed by atoms with van der Waals surface area (Å²) in [5.41, 5.74) is 2.05. The maximum Gasteiger partial charge on any atom is 0.274 e. The van der Waals surface area contributed by atoms with Gasteiger partial charge in [-0.05, 0) is 48.5 Å². The van der Waals surface area contributed by atoms with Crippen molar-refractivity contribution in [3.05, 3.63) is 65.8 Å². The number of aromatic nitrogens is 3. The lowest BCUT2D eigenvalue weighted by atomic mass is 10.2. The summed E-state index contributed by atoms with van der Waals surface area (Å²) in [6, 6.07) is 16.0. The summed E-state index contributed by atoms with van der Waals surface area (Å²) in [4.78, 5) is 17.0. The number of hydrogen-bond donors (Lipinski definition) is 1. The molecule has 2 aromatic carbocycles. The van der Waals surface area contributed by atoms with Gasteiger partial charge in [-0.2, -0.15) is 4.98 Å². The molecule has 0 saturated carbocycles. The minimum atomic E-state index is -0.205. The number of anilines is 1. The number of amides is 1. The van der Waals surface area contributed by atoms with Gasteiger partial charge >= 0.3 is 0 Å². The first-order valence-electron chi connectivity index (χ1n) is 9.10. The summed E-state index contributed by atoms with van der Waals surface area (Å²) in [6.45, 7) is 0.261. The monoisotopic (exact) mass is 422 g/mol. The first-order valence-corrected chi connectivity index (χ1v) is 9.48. The average molecular weight is 423 g/mol. The Morgan fingerprint density at radius 1 is 1.10 bits per heavy atom. The molecule has 0 aliphatic carbocycles. The van der Waals surface area contributed by atoms with Gasteiger partial charge in [0.05, 0.1) is 0 Å². The summed E-state index contributed by atoms with van der Waals surface area (Å²) in [7, 11) is 0. The Morgan fingerprint density at radius 2 is 1.93 bits per heavy atom. The SMILES string of the molecule is O=C(Cn1cccc1-c1nc(-c2ccc(Cl)cc2)no1)Nc1ccc2c(c1)OCO2. The van der Waals surface area contributed by atoms with Crippen molar-refractivity contribution in [3.8, 4) is 34.5 Å². The van der Waals surface area contributed by atoms with Crippen LogP contribution in [0.4, 0.5) is 5.69 Å². The molecule has 150 valence electrons. The third kappa shape index (κ3) is 3.60.